The van der Waals surface area contributed by atoms with Crippen molar-refractivity contribution in [3.05, 3.63) is 33.8 Å². The van der Waals surface area contributed by atoms with Crippen LogP contribution >= 0.6 is 46.5 Å². The zero-order valence-electron chi connectivity index (χ0n) is 24.9. The summed E-state index contributed by atoms with van der Waals surface area (Å²) in [7, 11) is 0. The maximum absolute atomic E-state index is 13.4. The van der Waals surface area contributed by atoms with Crippen LogP contribution in [0.4, 0.5) is 5.13 Å². The number of aromatic hydroxyl groups is 2. The summed E-state index contributed by atoms with van der Waals surface area (Å²) in [6.07, 6.45) is -0.384. The van der Waals surface area contributed by atoms with Crippen molar-refractivity contribution in [3.8, 4) is 11.5 Å². The van der Waals surface area contributed by atoms with Gasteiger partial charge in [0.25, 0.3) is 5.91 Å². The van der Waals surface area contributed by atoms with Crippen LogP contribution in [0.15, 0.2) is 27.8 Å². The third-order valence-electron chi connectivity index (χ3n) is 7.73. The fourth-order valence-corrected chi connectivity index (χ4v) is 9.44. The molecular weight excluding hydrogens is 716 g/mol. The zero-order valence-corrected chi connectivity index (χ0v) is 28.1. The van der Waals surface area contributed by atoms with Crippen molar-refractivity contribution >= 4 is 92.6 Å². The molecule has 21 heteroatoms. The fraction of sp³-hybridized carbons (Fsp3) is 0.407. The summed E-state index contributed by atoms with van der Waals surface area (Å²) >= 11 is 9.08. The topological polar surface area (TPSA) is 266 Å². The molecule has 17 nitrogen and oxygen atoms in total. The molecule has 0 saturated carbocycles. The van der Waals surface area contributed by atoms with Crippen molar-refractivity contribution < 1.29 is 54.4 Å². The number of benzene rings is 1. The Hall–Kier alpha value is -4.27. The lowest BCUT2D eigenvalue weighted by molar-refractivity contribution is -0.161. The van der Waals surface area contributed by atoms with Crippen molar-refractivity contribution in [3.63, 3.8) is 0 Å². The van der Waals surface area contributed by atoms with Gasteiger partial charge < -0.3 is 46.0 Å². The predicted octanol–water partition coefficient (Wildman–Crippen LogP) is 1.47. The van der Waals surface area contributed by atoms with Crippen LogP contribution in [-0.2, 0) is 28.8 Å². The van der Waals surface area contributed by atoms with Gasteiger partial charge in [0, 0.05) is 35.7 Å². The number of ketones is 1. The lowest BCUT2D eigenvalue weighted by Crippen LogP contribution is -2.58. The third-order valence-corrected chi connectivity index (χ3v) is 12.2. The number of hydrogen-bond donors (Lipinski definition) is 6. The molecule has 1 aromatic carbocycles. The smallest absolute Gasteiger partial charge is 0.350 e. The van der Waals surface area contributed by atoms with E-state index in [9.17, 15) is 49.6 Å². The van der Waals surface area contributed by atoms with Crippen molar-refractivity contribution in [2.24, 2.45) is 16.2 Å². The highest BCUT2D eigenvalue weighted by Gasteiger charge is 2.63. The SMILES string of the molecule is CC(C)(O/N=C(\C(=O)C[C@@H]1C(=O)N2C[C@](SC3CN(C(=O)/C(=N\O)c4ccc(O)c(O)c4Cl)C3)(C(=O)O)SC12)c1csc(N)n1)C(=O)O. The molecule has 0 spiro atoms. The van der Waals surface area contributed by atoms with Gasteiger partial charge in [-0.3, -0.25) is 14.4 Å². The van der Waals surface area contributed by atoms with Crippen molar-refractivity contribution in [2.75, 3.05) is 25.4 Å². The van der Waals surface area contributed by atoms with E-state index in [0.29, 0.717) is 0 Å². The van der Waals surface area contributed by atoms with Crippen LogP contribution in [0.3, 0.4) is 0 Å². The number of nitrogens with zero attached hydrogens (tertiary/aromatic N) is 5. The average molecular weight is 743 g/mol. The number of β-lactam (4-membered cyclic amide) rings is 1. The number of aliphatic carboxylic acids is 2. The van der Waals surface area contributed by atoms with Gasteiger partial charge in [-0.05, 0) is 26.0 Å². The van der Waals surface area contributed by atoms with Crippen LogP contribution in [0.1, 0.15) is 31.5 Å². The summed E-state index contributed by atoms with van der Waals surface area (Å²) in [6, 6.07) is 2.26. The minimum Gasteiger partial charge on any atom is -0.504 e. The van der Waals surface area contributed by atoms with Crippen LogP contribution in [0, 0.1) is 5.92 Å². The second-order valence-electron chi connectivity index (χ2n) is 11.4. The molecule has 3 fully saturated rings. The molecule has 3 atom stereocenters. The van der Waals surface area contributed by atoms with Gasteiger partial charge in [-0.1, -0.05) is 21.9 Å². The number of hydrogen-bond acceptors (Lipinski definition) is 16. The molecule has 4 heterocycles. The molecule has 3 saturated heterocycles. The number of carboxylic acid groups (broad SMARTS) is 2. The summed E-state index contributed by atoms with van der Waals surface area (Å²) in [5, 5.41) is 55.5. The largest absolute Gasteiger partial charge is 0.504 e. The first kappa shape index (κ1) is 35.0. The van der Waals surface area contributed by atoms with Crippen molar-refractivity contribution in [1.29, 1.82) is 0 Å². The first-order valence-corrected chi connectivity index (χ1v) is 16.9. The molecule has 0 aliphatic carbocycles. The van der Waals surface area contributed by atoms with Gasteiger partial charge in [-0.25, -0.2) is 14.6 Å². The summed E-state index contributed by atoms with van der Waals surface area (Å²) in [5.74, 6) is -6.58. The summed E-state index contributed by atoms with van der Waals surface area (Å²) < 4.78 is -1.52. The van der Waals surface area contributed by atoms with E-state index >= 15 is 0 Å². The number of nitrogen functional groups attached to an aromatic ring is 1. The van der Waals surface area contributed by atoms with E-state index in [1.54, 1.807) is 0 Å². The molecule has 3 aliphatic heterocycles. The molecule has 0 radical (unpaired) electrons. The molecule has 1 unspecified atom stereocenters. The van der Waals surface area contributed by atoms with Gasteiger partial charge in [-0.2, -0.15) is 0 Å². The molecule has 3 aliphatic rings. The number of thioether (sulfide) groups is 2. The number of aromatic nitrogens is 1. The Morgan fingerprint density at radius 3 is 2.48 bits per heavy atom. The third kappa shape index (κ3) is 6.31. The Balaban J connectivity index is 1.25. The summed E-state index contributed by atoms with van der Waals surface area (Å²) in [4.78, 5) is 75.5. The lowest BCUT2D eigenvalue weighted by Gasteiger charge is -2.41. The molecule has 2 aromatic rings. The zero-order chi connectivity index (χ0) is 35.3. The Morgan fingerprint density at radius 1 is 1.21 bits per heavy atom. The van der Waals surface area contributed by atoms with E-state index in [-0.39, 0.29) is 48.2 Å². The number of rotatable bonds is 12. The number of amides is 2. The predicted molar refractivity (Wildman–Crippen MR) is 174 cm³/mol. The van der Waals surface area contributed by atoms with E-state index in [2.05, 4.69) is 15.3 Å². The lowest BCUT2D eigenvalue weighted by atomic mass is 9.90. The van der Waals surface area contributed by atoms with Gasteiger partial charge in [0.05, 0.1) is 22.9 Å². The van der Waals surface area contributed by atoms with Crippen molar-refractivity contribution in [1.82, 2.24) is 14.8 Å². The van der Waals surface area contributed by atoms with Gasteiger partial charge in [-0.15, -0.1) is 34.9 Å². The molecule has 48 heavy (non-hydrogen) atoms. The van der Waals surface area contributed by atoms with Gasteiger partial charge >= 0.3 is 11.9 Å². The fourth-order valence-electron chi connectivity index (χ4n) is 4.97. The molecule has 256 valence electrons. The normalized spacial score (nSPS) is 22.9. The second kappa shape index (κ2) is 13.0. The average Bonchev–Trinajstić information content (AvgIpc) is 3.60. The standard InChI is InChI=1S/C27H27ClN6O11S3/c1-26(2,23(40)41)45-32-18(13-8-46-25(29)30-13)15(36)5-12-20(38)34-9-27(24(42)43,48-22(12)34)47-10-6-33(7-10)21(39)17(31-44)11-3-4-14(35)19(37)16(11)28/h3-4,8,10,12,22,35,37,44H,5-7,9H2,1-2H3,(H2,29,30)(H,40,41)(H,42,43)/b31-17-,32-18-/t12-,22?,27-/m1/s1. The Bertz CT molecular complexity index is 1780. The first-order chi connectivity index (χ1) is 22.5. The van der Waals surface area contributed by atoms with E-state index < -0.39 is 78.0 Å². The molecule has 1 aromatic heterocycles. The first-order valence-electron chi connectivity index (χ1n) is 13.9. The number of nitrogens with two attached hydrogens (primary N) is 1. The number of anilines is 1. The van der Waals surface area contributed by atoms with E-state index in [0.717, 1.165) is 40.9 Å². The van der Waals surface area contributed by atoms with Crippen molar-refractivity contribution in [2.45, 2.75) is 40.6 Å². The minimum absolute atomic E-state index is 0.0322. The van der Waals surface area contributed by atoms with Gasteiger partial charge in [0.1, 0.15) is 5.69 Å². The maximum Gasteiger partial charge on any atom is 0.350 e. The molecule has 7 N–H and O–H groups in total. The second-order valence-corrected chi connectivity index (χ2v) is 15.9. The number of Topliss-reactive ketones (excluding diaryl/α,β-unsaturated/α-hetero) is 1. The molecule has 2 amide bonds. The number of carbonyl (C=O) groups is 5. The maximum atomic E-state index is 13.4. The molecule has 0 bridgehead atoms. The minimum atomic E-state index is -1.79. The van der Waals surface area contributed by atoms with Gasteiger partial charge in [0.2, 0.25) is 11.5 Å². The van der Waals surface area contributed by atoms with Crippen LogP contribution in [0.5, 0.6) is 11.5 Å². The van der Waals surface area contributed by atoms with Gasteiger partial charge in [0.15, 0.2) is 37.9 Å². The number of carboxylic acids is 2. The molecular formula is C27H27ClN6O11S3. The number of likely N-dealkylation sites (tertiary alicyclic amines) is 1. The monoisotopic (exact) mass is 742 g/mol. The molecule has 5 rings (SSSR count). The number of phenols is 2. The highest BCUT2D eigenvalue weighted by atomic mass is 35.5. The Labute approximate surface area is 288 Å². The summed E-state index contributed by atoms with van der Waals surface area (Å²) in [5.41, 5.74) is 2.99. The van der Waals surface area contributed by atoms with Crippen LogP contribution < -0.4 is 5.73 Å². The number of phenolic OH excluding ortho intramolecular Hbond substituents is 2. The summed E-state index contributed by atoms with van der Waals surface area (Å²) in [6.45, 7) is 2.42. The number of fused-ring (bicyclic) bond motifs is 1. The quantitative estimate of drug-likeness (QED) is 0.0591. The van der Waals surface area contributed by atoms with E-state index in [1.807, 2.05) is 0 Å². The highest BCUT2D eigenvalue weighted by Crippen LogP contribution is 2.57. The highest BCUT2D eigenvalue weighted by molar-refractivity contribution is 8.20. The number of thiazole rings is 1. The van der Waals surface area contributed by atoms with E-state index in [4.69, 9.17) is 22.2 Å². The van der Waals surface area contributed by atoms with Crippen LogP contribution in [-0.4, -0.2) is 121 Å². The number of carbonyl (C=O) groups excluding carboxylic acids is 3. The Kier molecular flexibility index (Phi) is 9.47. The van der Waals surface area contributed by atoms with E-state index in [1.165, 1.54) is 35.1 Å². The Morgan fingerprint density at radius 2 is 1.90 bits per heavy atom. The van der Waals surface area contributed by atoms with Crippen LogP contribution in [0.2, 0.25) is 5.02 Å². The number of oxime groups is 2. The number of halogens is 1. The van der Waals surface area contributed by atoms with Crippen LogP contribution in [0.25, 0.3) is 0 Å².